The quantitative estimate of drug-likeness (QED) is 0.178. The first-order valence-electron chi connectivity index (χ1n) is 8.77. The van der Waals surface area contributed by atoms with E-state index in [2.05, 4.69) is 5.32 Å². The van der Waals surface area contributed by atoms with Gasteiger partial charge in [-0.1, -0.05) is 30.0 Å². The molecule has 0 spiro atoms. The topological polar surface area (TPSA) is 108 Å². The number of rotatable bonds is 6. The second-order valence-corrected chi connectivity index (χ2v) is 7.86. The number of aryl methyl sites for hydroxylation is 1. The molecular weight excluding hydrogens is 428 g/mol. The summed E-state index contributed by atoms with van der Waals surface area (Å²) in [6, 6.07) is 8.92. The molecule has 1 saturated heterocycles. The van der Waals surface area contributed by atoms with Crippen LogP contribution >= 0.6 is 24.0 Å². The number of benzene rings is 2. The molecule has 2 aromatic carbocycles. The third kappa shape index (κ3) is 4.84. The maximum absolute atomic E-state index is 12.6. The molecule has 10 heteroatoms. The first kappa shape index (κ1) is 21.5. The van der Waals surface area contributed by atoms with E-state index in [1.54, 1.807) is 38.1 Å². The molecular formula is C20H16N2O6S2. The van der Waals surface area contributed by atoms with Gasteiger partial charge in [-0.2, -0.15) is 0 Å². The van der Waals surface area contributed by atoms with E-state index in [9.17, 15) is 19.7 Å². The molecule has 0 unspecified atom stereocenters. The van der Waals surface area contributed by atoms with Crippen molar-refractivity contribution >= 4 is 51.9 Å². The summed E-state index contributed by atoms with van der Waals surface area (Å²) in [4.78, 5) is 35.3. The van der Waals surface area contributed by atoms with E-state index in [0.29, 0.717) is 32.7 Å². The van der Waals surface area contributed by atoms with Crippen LogP contribution in [0.3, 0.4) is 0 Å². The molecule has 0 bridgehead atoms. The zero-order valence-corrected chi connectivity index (χ0v) is 17.6. The summed E-state index contributed by atoms with van der Waals surface area (Å²) in [5.41, 5.74) is 1.04. The van der Waals surface area contributed by atoms with Gasteiger partial charge in [-0.3, -0.25) is 14.9 Å². The second kappa shape index (κ2) is 9.06. The highest BCUT2D eigenvalue weighted by atomic mass is 32.2. The molecule has 2 aromatic rings. The summed E-state index contributed by atoms with van der Waals surface area (Å²) < 4.78 is 11.4. The fourth-order valence-electron chi connectivity index (χ4n) is 2.69. The maximum atomic E-state index is 12.6. The molecule has 1 aliphatic heterocycles. The number of thiocarbonyl (C=S) groups is 1. The minimum absolute atomic E-state index is 0.0829. The van der Waals surface area contributed by atoms with Gasteiger partial charge in [-0.25, -0.2) is 4.79 Å². The van der Waals surface area contributed by atoms with Crippen LogP contribution in [0.25, 0.3) is 6.08 Å². The summed E-state index contributed by atoms with van der Waals surface area (Å²) >= 11 is 6.12. The minimum atomic E-state index is -0.687. The van der Waals surface area contributed by atoms with Crippen molar-refractivity contribution in [2.45, 2.75) is 13.8 Å². The fraction of sp³-hybridized carbons (Fsp3) is 0.150. The van der Waals surface area contributed by atoms with Crippen LogP contribution in [-0.4, -0.2) is 27.7 Å². The normalized spacial score (nSPS) is 14.5. The van der Waals surface area contributed by atoms with Crippen molar-refractivity contribution < 1.29 is 24.0 Å². The first-order chi connectivity index (χ1) is 14.3. The largest absolute Gasteiger partial charge is 0.490 e. The number of thioether (sulfide) groups is 1. The third-order valence-electron chi connectivity index (χ3n) is 4.04. The lowest BCUT2D eigenvalue weighted by molar-refractivity contribution is -0.385. The molecule has 1 aliphatic rings. The monoisotopic (exact) mass is 444 g/mol. The SMILES string of the molecule is CCOc1ccc(/C=C2\SC(=S)NC2=O)cc1OC(=O)c1ccc([N+](=O)[O-])c(C)c1. The summed E-state index contributed by atoms with van der Waals surface area (Å²) in [5.74, 6) is -0.462. The molecule has 0 atom stereocenters. The molecule has 0 radical (unpaired) electrons. The molecule has 1 fully saturated rings. The van der Waals surface area contributed by atoms with Crippen molar-refractivity contribution in [3.63, 3.8) is 0 Å². The van der Waals surface area contributed by atoms with Crippen molar-refractivity contribution in [1.82, 2.24) is 5.32 Å². The molecule has 154 valence electrons. The van der Waals surface area contributed by atoms with Crippen LogP contribution < -0.4 is 14.8 Å². The van der Waals surface area contributed by atoms with Crippen LogP contribution in [0.1, 0.15) is 28.4 Å². The van der Waals surface area contributed by atoms with E-state index in [1.807, 2.05) is 0 Å². The Labute approximate surface area is 181 Å². The van der Waals surface area contributed by atoms with Gasteiger partial charge in [0.2, 0.25) is 0 Å². The van der Waals surface area contributed by atoms with Crippen LogP contribution in [0.4, 0.5) is 5.69 Å². The van der Waals surface area contributed by atoms with E-state index in [-0.39, 0.29) is 22.9 Å². The molecule has 1 N–H and O–H groups in total. The van der Waals surface area contributed by atoms with Crippen LogP contribution in [0.5, 0.6) is 11.5 Å². The number of carbonyl (C=O) groups excluding carboxylic acids is 2. The number of nitrogens with zero attached hydrogens (tertiary/aromatic N) is 1. The molecule has 0 saturated carbocycles. The van der Waals surface area contributed by atoms with Crippen molar-refractivity contribution in [3.05, 3.63) is 68.1 Å². The number of nitro benzene ring substituents is 1. The Morgan fingerprint density at radius 2 is 2.03 bits per heavy atom. The lowest BCUT2D eigenvalue weighted by atomic mass is 10.1. The van der Waals surface area contributed by atoms with Gasteiger partial charge in [-0.05, 0) is 49.8 Å². The molecule has 0 aromatic heterocycles. The van der Waals surface area contributed by atoms with Gasteiger partial charge in [0, 0.05) is 11.6 Å². The van der Waals surface area contributed by atoms with Crippen LogP contribution in [0, 0.1) is 17.0 Å². The number of carbonyl (C=O) groups is 2. The van der Waals surface area contributed by atoms with Gasteiger partial charge in [0.25, 0.3) is 11.6 Å². The van der Waals surface area contributed by atoms with E-state index in [0.717, 1.165) is 11.8 Å². The summed E-state index contributed by atoms with van der Waals surface area (Å²) in [6.45, 7) is 3.69. The van der Waals surface area contributed by atoms with Crippen molar-refractivity contribution in [3.8, 4) is 11.5 Å². The molecule has 8 nitrogen and oxygen atoms in total. The van der Waals surface area contributed by atoms with Gasteiger partial charge in [-0.15, -0.1) is 0 Å². The number of hydrogen-bond donors (Lipinski definition) is 1. The van der Waals surface area contributed by atoms with Crippen LogP contribution in [0.15, 0.2) is 41.3 Å². The van der Waals surface area contributed by atoms with Gasteiger partial charge < -0.3 is 14.8 Å². The fourth-order valence-corrected chi connectivity index (χ4v) is 3.73. The summed E-state index contributed by atoms with van der Waals surface area (Å²) in [6.07, 6.45) is 1.63. The number of nitrogens with one attached hydrogen (secondary N) is 1. The number of amides is 1. The van der Waals surface area contributed by atoms with Crippen LogP contribution in [0.2, 0.25) is 0 Å². The molecule has 1 heterocycles. The van der Waals surface area contributed by atoms with E-state index in [4.69, 9.17) is 21.7 Å². The third-order valence-corrected chi connectivity index (χ3v) is 5.20. The smallest absolute Gasteiger partial charge is 0.343 e. The molecule has 30 heavy (non-hydrogen) atoms. The lowest BCUT2D eigenvalue weighted by Gasteiger charge is -2.12. The lowest BCUT2D eigenvalue weighted by Crippen LogP contribution is -2.17. The van der Waals surface area contributed by atoms with Crippen molar-refractivity contribution in [1.29, 1.82) is 0 Å². The average Bonchev–Trinajstić information content (AvgIpc) is 3.00. The van der Waals surface area contributed by atoms with Gasteiger partial charge in [0.05, 0.1) is 22.0 Å². The molecule has 3 rings (SSSR count). The maximum Gasteiger partial charge on any atom is 0.343 e. The zero-order valence-electron chi connectivity index (χ0n) is 16.0. The average molecular weight is 444 g/mol. The predicted molar refractivity (Wildman–Crippen MR) is 117 cm³/mol. The highest BCUT2D eigenvalue weighted by molar-refractivity contribution is 8.26. The molecule has 1 amide bonds. The highest BCUT2D eigenvalue weighted by Crippen LogP contribution is 2.32. The van der Waals surface area contributed by atoms with Crippen molar-refractivity contribution in [2.75, 3.05) is 6.61 Å². The first-order valence-corrected chi connectivity index (χ1v) is 10.00. The minimum Gasteiger partial charge on any atom is -0.490 e. The van der Waals surface area contributed by atoms with E-state index >= 15 is 0 Å². The summed E-state index contributed by atoms with van der Waals surface area (Å²) in [7, 11) is 0. The second-order valence-electron chi connectivity index (χ2n) is 6.14. The Morgan fingerprint density at radius 1 is 1.27 bits per heavy atom. The standard InChI is InChI=1S/C20H16N2O6S2/c1-3-27-15-7-4-12(10-17-18(23)21-20(29)30-17)9-16(15)28-19(24)13-5-6-14(22(25)26)11(2)8-13/h4-10H,3H2,1-2H3,(H,21,23,29)/b17-10-. The zero-order chi connectivity index (χ0) is 21.8. The number of hydrogen-bond acceptors (Lipinski definition) is 8. The Balaban J connectivity index is 1.90. The van der Waals surface area contributed by atoms with E-state index in [1.165, 1.54) is 18.2 Å². The highest BCUT2D eigenvalue weighted by Gasteiger charge is 2.22. The van der Waals surface area contributed by atoms with Gasteiger partial charge >= 0.3 is 5.97 Å². The molecule has 0 aliphatic carbocycles. The Hall–Kier alpha value is -3.24. The Morgan fingerprint density at radius 3 is 2.63 bits per heavy atom. The number of esters is 1. The van der Waals surface area contributed by atoms with Crippen molar-refractivity contribution in [2.24, 2.45) is 0 Å². The Kier molecular flexibility index (Phi) is 6.48. The number of ether oxygens (including phenoxy) is 2. The summed E-state index contributed by atoms with van der Waals surface area (Å²) in [5, 5.41) is 13.5. The Bertz CT molecular complexity index is 1100. The predicted octanol–water partition coefficient (Wildman–Crippen LogP) is 4.01. The van der Waals surface area contributed by atoms with Gasteiger partial charge in [0.1, 0.15) is 4.32 Å². The number of nitro groups is 1. The van der Waals surface area contributed by atoms with E-state index < -0.39 is 10.9 Å². The van der Waals surface area contributed by atoms with Crippen LogP contribution in [-0.2, 0) is 4.79 Å². The van der Waals surface area contributed by atoms with Gasteiger partial charge in [0.15, 0.2) is 11.5 Å².